The van der Waals surface area contributed by atoms with Gasteiger partial charge in [0.25, 0.3) is 5.91 Å². The lowest BCUT2D eigenvalue weighted by molar-refractivity contribution is -0.137. The fourth-order valence-electron chi connectivity index (χ4n) is 5.51. The van der Waals surface area contributed by atoms with Crippen molar-refractivity contribution in [3.05, 3.63) is 70.8 Å². The second-order valence-electron chi connectivity index (χ2n) is 9.65. The number of fused-ring (bicyclic) bond motifs is 2. The van der Waals surface area contributed by atoms with E-state index < -0.39 is 17.6 Å². The van der Waals surface area contributed by atoms with E-state index in [1.54, 1.807) is 0 Å². The van der Waals surface area contributed by atoms with E-state index in [2.05, 4.69) is 39.8 Å². The van der Waals surface area contributed by atoms with Gasteiger partial charge in [-0.3, -0.25) is 14.5 Å². The number of ether oxygens (including phenoxy) is 1. The molecule has 1 saturated heterocycles. The largest absolute Gasteiger partial charge is 0.416 e. The summed E-state index contributed by atoms with van der Waals surface area (Å²) in [6.45, 7) is 1.90. The lowest BCUT2D eigenvalue weighted by atomic mass is 9.76. The molecule has 1 spiro atoms. The minimum Gasteiger partial charge on any atom is -0.366 e. The first-order valence-corrected chi connectivity index (χ1v) is 11.9. The SMILES string of the molecule is O=C(CNC(=O)c1cccc(C(F)(F)F)c1)NC1CN(C2CCC3(CC2)OCc2ccccc23)C1. The van der Waals surface area contributed by atoms with E-state index in [0.29, 0.717) is 12.6 Å². The highest BCUT2D eigenvalue weighted by molar-refractivity contribution is 5.96. The fourth-order valence-corrected chi connectivity index (χ4v) is 5.51. The highest BCUT2D eigenvalue weighted by atomic mass is 19.4. The summed E-state index contributed by atoms with van der Waals surface area (Å²) >= 11 is 0. The average Bonchev–Trinajstić information content (AvgIpc) is 3.18. The fraction of sp³-hybridized carbons (Fsp3) is 0.462. The standard InChI is InChI=1S/C26H28F3N3O3/c27-26(28,29)19-6-3-5-17(12-19)24(34)30-13-23(33)31-20-14-32(15-20)21-8-10-25(11-9-21)22-7-2-1-4-18(22)16-35-25/h1-7,12,20-21H,8-11,13-16H2,(H,30,34)(H,31,33). The molecule has 0 bridgehead atoms. The van der Waals surface area contributed by atoms with Gasteiger partial charge in [0.2, 0.25) is 5.91 Å². The number of hydrogen-bond donors (Lipinski definition) is 2. The molecule has 0 atom stereocenters. The van der Waals surface area contributed by atoms with E-state index in [9.17, 15) is 22.8 Å². The van der Waals surface area contributed by atoms with Gasteiger partial charge in [0, 0.05) is 24.7 Å². The van der Waals surface area contributed by atoms with Gasteiger partial charge >= 0.3 is 6.18 Å². The topological polar surface area (TPSA) is 70.7 Å². The van der Waals surface area contributed by atoms with Crippen LogP contribution in [0.3, 0.4) is 0 Å². The van der Waals surface area contributed by atoms with Crippen LogP contribution in [0.15, 0.2) is 48.5 Å². The van der Waals surface area contributed by atoms with Crippen LogP contribution < -0.4 is 10.6 Å². The Morgan fingerprint density at radius 3 is 2.54 bits per heavy atom. The first kappa shape index (κ1) is 23.8. The molecule has 3 aliphatic rings. The van der Waals surface area contributed by atoms with E-state index in [1.165, 1.54) is 23.3 Å². The number of nitrogens with one attached hydrogen (secondary N) is 2. The molecule has 2 aliphatic heterocycles. The molecule has 0 radical (unpaired) electrons. The Hall–Kier alpha value is -2.91. The van der Waals surface area contributed by atoms with Crippen molar-refractivity contribution in [2.24, 2.45) is 0 Å². The molecular weight excluding hydrogens is 459 g/mol. The number of carbonyl (C=O) groups is 2. The molecule has 2 heterocycles. The number of amides is 2. The van der Waals surface area contributed by atoms with Gasteiger partial charge in [-0.05, 0) is 55.0 Å². The monoisotopic (exact) mass is 487 g/mol. The highest BCUT2D eigenvalue weighted by Gasteiger charge is 2.45. The van der Waals surface area contributed by atoms with Crippen molar-refractivity contribution in [1.29, 1.82) is 0 Å². The van der Waals surface area contributed by atoms with Crippen LogP contribution in [-0.2, 0) is 27.9 Å². The molecule has 35 heavy (non-hydrogen) atoms. The van der Waals surface area contributed by atoms with E-state index in [1.807, 2.05) is 0 Å². The summed E-state index contributed by atoms with van der Waals surface area (Å²) in [7, 11) is 0. The molecule has 6 nitrogen and oxygen atoms in total. The van der Waals surface area contributed by atoms with Gasteiger partial charge in [0.1, 0.15) is 0 Å². The highest BCUT2D eigenvalue weighted by Crippen LogP contribution is 2.47. The summed E-state index contributed by atoms with van der Waals surface area (Å²) in [5, 5.41) is 5.29. The van der Waals surface area contributed by atoms with Crippen LogP contribution in [0.5, 0.6) is 0 Å². The maximum absolute atomic E-state index is 12.8. The third kappa shape index (κ3) is 4.92. The van der Waals surface area contributed by atoms with E-state index in [0.717, 1.165) is 50.9 Å². The van der Waals surface area contributed by atoms with Gasteiger partial charge in [-0.15, -0.1) is 0 Å². The van der Waals surface area contributed by atoms with Crippen molar-refractivity contribution in [3.63, 3.8) is 0 Å². The van der Waals surface area contributed by atoms with Crippen molar-refractivity contribution in [3.8, 4) is 0 Å². The molecular formula is C26H28F3N3O3. The molecule has 186 valence electrons. The minimum absolute atomic E-state index is 0.00676. The lowest BCUT2D eigenvalue weighted by Crippen LogP contribution is -2.63. The van der Waals surface area contributed by atoms with Crippen molar-refractivity contribution in [2.75, 3.05) is 19.6 Å². The number of carbonyl (C=O) groups excluding carboxylic acids is 2. The summed E-state index contributed by atoms with van der Waals surface area (Å²) in [5.74, 6) is -1.07. The zero-order valence-electron chi connectivity index (χ0n) is 19.2. The molecule has 0 unspecified atom stereocenters. The third-order valence-electron chi connectivity index (χ3n) is 7.43. The Morgan fingerprint density at radius 2 is 1.80 bits per heavy atom. The molecule has 2 N–H and O–H groups in total. The number of rotatable bonds is 5. The molecule has 2 fully saturated rings. The van der Waals surface area contributed by atoms with Crippen molar-refractivity contribution >= 4 is 11.8 Å². The Morgan fingerprint density at radius 1 is 1.06 bits per heavy atom. The maximum atomic E-state index is 12.8. The van der Waals surface area contributed by atoms with Gasteiger partial charge in [-0.1, -0.05) is 30.3 Å². The quantitative estimate of drug-likeness (QED) is 0.676. The van der Waals surface area contributed by atoms with Crippen LogP contribution in [0, 0.1) is 0 Å². The number of hydrogen-bond acceptors (Lipinski definition) is 4. The second kappa shape index (κ2) is 9.28. The Labute approximate surface area is 201 Å². The Balaban J connectivity index is 1.04. The predicted molar refractivity (Wildman–Crippen MR) is 122 cm³/mol. The first-order chi connectivity index (χ1) is 16.7. The number of nitrogens with zero attached hydrogens (tertiary/aromatic N) is 1. The number of alkyl halides is 3. The first-order valence-electron chi connectivity index (χ1n) is 11.9. The normalized spacial score (nSPS) is 24.6. The van der Waals surface area contributed by atoms with Crippen LogP contribution in [0.1, 0.15) is 52.7 Å². The number of halogens is 3. The molecule has 1 aliphatic carbocycles. The van der Waals surface area contributed by atoms with E-state index in [-0.39, 0.29) is 29.7 Å². The van der Waals surface area contributed by atoms with Crippen molar-refractivity contribution in [2.45, 2.75) is 56.2 Å². The van der Waals surface area contributed by atoms with Crippen molar-refractivity contribution < 1.29 is 27.5 Å². The van der Waals surface area contributed by atoms with E-state index in [4.69, 9.17) is 4.74 Å². The van der Waals surface area contributed by atoms with Crippen molar-refractivity contribution in [1.82, 2.24) is 15.5 Å². The summed E-state index contributed by atoms with van der Waals surface area (Å²) in [6.07, 6.45) is -0.463. The van der Waals surface area contributed by atoms with Gasteiger partial charge in [0.05, 0.1) is 30.4 Å². The zero-order chi connectivity index (χ0) is 24.6. The van der Waals surface area contributed by atoms with Gasteiger partial charge < -0.3 is 15.4 Å². The van der Waals surface area contributed by atoms with Crippen LogP contribution >= 0.6 is 0 Å². The minimum atomic E-state index is -4.53. The number of likely N-dealkylation sites (tertiary alicyclic amines) is 1. The molecule has 0 aromatic heterocycles. The summed E-state index contributed by atoms with van der Waals surface area (Å²) < 4.78 is 44.7. The second-order valence-corrected chi connectivity index (χ2v) is 9.65. The van der Waals surface area contributed by atoms with E-state index >= 15 is 0 Å². The summed E-state index contributed by atoms with van der Waals surface area (Å²) in [6, 6.07) is 13.1. The molecule has 2 amide bonds. The van der Waals surface area contributed by atoms with Crippen LogP contribution in [0.2, 0.25) is 0 Å². The molecule has 9 heteroatoms. The Bertz CT molecular complexity index is 1110. The maximum Gasteiger partial charge on any atom is 0.416 e. The molecule has 1 saturated carbocycles. The average molecular weight is 488 g/mol. The summed E-state index contributed by atoms with van der Waals surface area (Å²) in [5.41, 5.74) is 1.44. The van der Waals surface area contributed by atoms with Crippen LogP contribution in [-0.4, -0.2) is 48.4 Å². The third-order valence-corrected chi connectivity index (χ3v) is 7.43. The molecule has 2 aromatic rings. The zero-order valence-corrected chi connectivity index (χ0v) is 19.2. The summed E-state index contributed by atoms with van der Waals surface area (Å²) in [4.78, 5) is 26.8. The number of benzene rings is 2. The van der Waals surface area contributed by atoms with Gasteiger partial charge in [-0.2, -0.15) is 13.2 Å². The van der Waals surface area contributed by atoms with Gasteiger partial charge in [0.15, 0.2) is 0 Å². The predicted octanol–water partition coefficient (Wildman–Crippen LogP) is 3.60. The molecule has 2 aromatic carbocycles. The van der Waals surface area contributed by atoms with Crippen LogP contribution in [0.4, 0.5) is 13.2 Å². The molecule has 5 rings (SSSR count). The smallest absolute Gasteiger partial charge is 0.366 e. The lowest BCUT2D eigenvalue weighted by Gasteiger charge is -2.48. The Kier molecular flexibility index (Phi) is 6.31. The van der Waals surface area contributed by atoms with Crippen LogP contribution in [0.25, 0.3) is 0 Å². The van der Waals surface area contributed by atoms with Gasteiger partial charge in [-0.25, -0.2) is 0 Å².